The summed E-state index contributed by atoms with van der Waals surface area (Å²) in [6.45, 7) is 5.02. The summed E-state index contributed by atoms with van der Waals surface area (Å²) in [5, 5.41) is 5.52. The summed E-state index contributed by atoms with van der Waals surface area (Å²) in [7, 11) is -2.11. The maximum Gasteiger partial charge on any atom is 0.276 e. The van der Waals surface area contributed by atoms with E-state index in [1.807, 2.05) is 18.0 Å². The van der Waals surface area contributed by atoms with Crippen molar-refractivity contribution < 1.29 is 22.7 Å². The van der Waals surface area contributed by atoms with Gasteiger partial charge in [-0.2, -0.15) is 12.7 Å². The zero-order valence-corrected chi connectivity index (χ0v) is 20.9. The Morgan fingerprint density at radius 2 is 2.24 bits per heavy atom. The van der Waals surface area contributed by atoms with E-state index in [0.717, 1.165) is 49.1 Å². The van der Waals surface area contributed by atoms with Crippen molar-refractivity contribution in [1.29, 1.82) is 0 Å². The maximum atomic E-state index is 14.1. The lowest BCUT2D eigenvalue weighted by atomic mass is 9.78. The molecule has 1 saturated carbocycles. The van der Waals surface area contributed by atoms with Crippen LogP contribution in [0.4, 0.5) is 0 Å². The quantitative estimate of drug-likeness (QED) is 0.662. The number of carbonyl (C=O) groups is 1. The molecule has 3 fully saturated rings. The molecular weight excluding hydrogens is 456 g/mol. The number of amides is 1. The predicted molar refractivity (Wildman–Crippen MR) is 126 cm³/mol. The Labute approximate surface area is 202 Å². The third-order valence-electron chi connectivity index (χ3n) is 8.56. The number of aryl methyl sites for hydroxylation is 1. The fourth-order valence-electron chi connectivity index (χ4n) is 6.91. The van der Waals surface area contributed by atoms with Crippen molar-refractivity contribution in [2.75, 3.05) is 40.0 Å². The number of hydrogen-bond donors (Lipinski definition) is 1. The number of hydrogen-bond acceptors (Lipinski definition) is 6. The third kappa shape index (κ3) is 4.39. The largest absolute Gasteiger partial charge is 0.379 e. The molecule has 188 valence electrons. The molecule has 0 aromatic carbocycles. The molecular formula is C24H36N4O5S. The Kier molecular flexibility index (Phi) is 6.48. The monoisotopic (exact) mass is 492 g/mol. The first kappa shape index (κ1) is 24.1. The fraction of sp³-hybridized carbons (Fsp3) is 0.750. The molecule has 1 aromatic heterocycles. The second kappa shape index (κ2) is 9.13. The van der Waals surface area contributed by atoms with E-state index < -0.39 is 15.6 Å². The van der Waals surface area contributed by atoms with Crippen LogP contribution in [0.15, 0.2) is 12.3 Å². The van der Waals surface area contributed by atoms with E-state index in [0.29, 0.717) is 44.5 Å². The molecule has 9 nitrogen and oxygen atoms in total. The molecule has 34 heavy (non-hydrogen) atoms. The van der Waals surface area contributed by atoms with Crippen molar-refractivity contribution in [3.63, 3.8) is 0 Å². The minimum atomic E-state index is -3.84. The molecule has 1 aromatic rings. The molecule has 10 heteroatoms. The van der Waals surface area contributed by atoms with Gasteiger partial charge in [0.15, 0.2) is 0 Å². The molecule has 1 aliphatic carbocycles. The van der Waals surface area contributed by atoms with Crippen LogP contribution in [0, 0.1) is 30.1 Å². The molecule has 4 heterocycles. The molecule has 0 bridgehead atoms. The first-order chi connectivity index (χ1) is 16.2. The number of nitrogens with zero attached hydrogens (tertiary/aromatic N) is 3. The fourth-order valence-corrected chi connectivity index (χ4v) is 7.71. The summed E-state index contributed by atoms with van der Waals surface area (Å²) >= 11 is 0. The second-order valence-electron chi connectivity index (χ2n) is 10.7. The van der Waals surface area contributed by atoms with Crippen molar-refractivity contribution in [2.45, 2.75) is 51.7 Å². The number of methoxy groups -OCH3 is 1. The van der Waals surface area contributed by atoms with E-state index in [2.05, 4.69) is 11.1 Å². The summed E-state index contributed by atoms with van der Waals surface area (Å²) in [5.74, 6) is 0.827. The van der Waals surface area contributed by atoms with E-state index in [-0.39, 0.29) is 24.5 Å². The van der Waals surface area contributed by atoms with Crippen LogP contribution in [-0.2, 0) is 37.4 Å². The number of aromatic nitrogens is 1. The van der Waals surface area contributed by atoms with E-state index in [1.165, 1.54) is 4.31 Å². The van der Waals surface area contributed by atoms with Gasteiger partial charge in [0.05, 0.1) is 18.1 Å². The number of carbonyl (C=O) groups excluding carboxylic acids is 1. The van der Waals surface area contributed by atoms with Crippen LogP contribution < -0.4 is 5.14 Å². The number of pyridine rings is 1. The number of ether oxygens (including phenoxy) is 2. The van der Waals surface area contributed by atoms with E-state index in [4.69, 9.17) is 14.6 Å². The van der Waals surface area contributed by atoms with Gasteiger partial charge < -0.3 is 14.4 Å². The minimum absolute atomic E-state index is 0.0128. The Balaban J connectivity index is 1.38. The Morgan fingerprint density at radius 1 is 1.41 bits per heavy atom. The predicted octanol–water partition coefficient (Wildman–Crippen LogP) is 1.25. The Bertz CT molecular complexity index is 1050. The molecule has 5 rings (SSSR count). The number of nitrogens with two attached hydrogens (primary N) is 1. The molecule has 3 aliphatic heterocycles. The maximum absolute atomic E-state index is 14.1. The molecule has 1 amide bonds. The van der Waals surface area contributed by atoms with Gasteiger partial charge in [0, 0.05) is 58.2 Å². The molecule has 0 radical (unpaired) electrons. The van der Waals surface area contributed by atoms with E-state index in [9.17, 15) is 13.2 Å². The lowest BCUT2D eigenvalue weighted by Gasteiger charge is -2.37. The van der Waals surface area contributed by atoms with Crippen LogP contribution in [-0.4, -0.2) is 74.6 Å². The Hall–Kier alpha value is -1.59. The van der Waals surface area contributed by atoms with Gasteiger partial charge in [-0.15, -0.1) is 0 Å². The second-order valence-corrected chi connectivity index (χ2v) is 12.3. The molecule has 2 N–H and O–H groups in total. The topological polar surface area (TPSA) is 115 Å². The SMILES string of the molecule is COC1COCCC1C[C@@H]1C[C@H]2CN(S(N)(=O)=O)C[C@@]2(C(=O)N2CCc3ncc(C)cc3C2)C1. The van der Waals surface area contributed by atoms with Gasteiger partial charge >= 0.3 is 0 Å². The smallest absolute Gasteiger partial charge is 0.276 e. The van der Waals surface area contributed by atoms with Gasteiger partial charge in [0.1, 0.15) is 0 Å². The lowest BCUT2D eigenvalue weighted by Crippen LogP contribution is -2.49. The highest BCUT2D eigenvalue weighted by Gasteiger charge is 2.60. The van der Waals surface area contributed by atoms with Crippen LogP contribution in [0.25, 0.3) is 0 Å². The van der Waals surface area contributed by atoms with Gasteiger partial charge in [-0.3, -0.25) is 9.78 Å². The molecule has 4 aliphatic rings. The highest BCUT2D eigenvalue weighted by Crippen LogP contribution is 2.55. The van der Waals surface area contributed by atoms with Crippen LogP contribution in [0.3, 0.4) is 0 Å². The van der Waals surface area contributed by atoms with Crippen molar-refractivity contribution >= 4 is 16.1 Å². The van der Waals surface area contributed by atoms with Gasteiger partial charge in [-0.1, -0.05) is 6.07 Å². The van der Waals surface area contributed by atoms with Crippen molar-refractivity contribution in [1.82, 2.24) is 14.2 Å². The van der Waals surface area contributed by atoms with Crippen LogP contribution >= 0.6 is 0 Å². The summed E-state index contributed by atoms with van der Waals surface area (Å²) < 4.78 is 37.0. The average molecular weight is 493 g/mol. The molecule has 2 unspecified atom stereocenters. The van der Waals surface area contributed by atoms with Crippen LogP contribution in [0.5, 0.6) is 0 Å². The summed E-state index contributed by atoms with van der Waals surface area (Å²) in [6.07, 6.45) is 6.16. The summed E-state index contributed by atoms with van der Waals surface area (Å²) in [5.41, 5.74) is 2.51. The number of rotatable bonds is 5. The normalized spacial score (nSPS) is 34.1. The highest BCUT2D eigenvalue weighted by molar-refractivity contribution is 7.86. The van der Waals surface area contributed by atoms with E-state index in [1.54, 1.807) is 7.11 Å². The third-order valence-corrected chi connectivity index (χ3v) is 9.56. The van der Waals surface area contributed by atoms with Crippen LogP contribution in [0.1, 0.15) is 42.5 Å². The zero-order valence-electron chi connectivity index (χ0n) is 20.1. The van der Waals surface area contributed by atoms with Gasteiger partial charge in [0.2, 0.25) is 5.91 Å². The summed E-state index contributed by atoms with van der Waals surface area (Å²) in [4.78, 5) is 20.6. The first-order valence-corrected chi connectivity index (χ1v) is 13.8. The molecule has 0 spiro atoms. The first-order valence-electron chi connectivity index (χ1n) is 12.3. The number of fused-ring (bicyclic) bond motifs is 2. The zero-order chi connectivity index (χ0) is 24.1. The standard InChI is InChI=1S/C24H36N4O5S/c1-16-7-19-12-27(5-3-21(19)26-11-16)23(29)24-10-17(8-18-4-6-33-14-22(18)32-2)9-20(24)13-28(15-24)34(25,30)31/h7,11,17-18,20,22H,3-6,8-10,12-15H2,1-2H3,(H2,25,30,31)/t17-,18?,20+,22?,24+/m1/s1. The van der Waals surface area contributed by atoms with E-state index >= 15 is 0 Å². The van der Waals surface area contributed by atoms with Gasteiger partial charge in [-0.25, -0.2) is 5.14 Å². The van der Waals surface area contributed by atoms with Crippen molar-refractivity contribution in [2.24, 2.45) is 28.3 Å². The molecule has 2 saturated heterocycles. The lowest BCUT2D eigenvalue weighted by molar-refractivity contribution is -0.144. The van der Waals surface area contributed by atoms with Gasteiger partial charge in [-0.05, 0) is 61.5 Å². The molecule has 5 atom stereocenters. The van der Waals surface area contributed by atoms with Crippen molar-refractivity contribution in [3.05, 3.63) is 29.1 Å². The summed E-state index contributed by atoms with van der Waals surface area (Å²) in [6, 6.07) is 2.11. The minimum Gasteiger partial charge on any atom is -0.379 e. The average Bonchev–Trinajstić information content (AvgIpc) is 3.33. The van der Waals surface area contributed by atoms with Crippen LogP contribution in [0.2, 0.25) is 0 Å². The van der Waals surface area contributed by atoms with Gasteiger partial charge in [0.25, 0.3) is 10.2 Å². The highest BCUT2D eigenvalue weighted by atomic mass is 32.2. The van der Waals surface area contributed by atoms with Crippen molar-refractivity contribution in [3.8, 4) is 0 Å². The Morgan fingerprint density at radius 3 is 3.00 bits per heavy atom.